The Kier molecular flexibility index (Phi) is 2.69. The minimum absolute atomic E-state index is 0.415. The molecule has 10 heavy (non-hydrogen) atoms. The molecule has 0 aliphatic rings. The van der Waals surface area contributed by atoms with E-state index in [1.165, 1.54) is 0 Å². The Morgan fingerprint density at radius 2 is 1.80 bits per heavy atom. The van der Waals surface area contributed by atoms with Crippen molar-refractivity contribution in [1.29, 1.82) is 0 Å². The van der Waals surface area contributed by atoms with Gasteiger partial charge < -0.3 is 10.1 Å². The fraction of sp³-hybridized carbons (Fsp3) is 0. The summed E-state index contributed by atoms with van der Waals surface area (Å²) in [4.78, 5) is 4.32. The van der Waals surface area contributed by atoms with Gasteiger partial charge in [-0.3, -0.25) is 5.04 Å². The summed E-state index contributed by atoms with van der Waals surface area (Å²) in [6, 6.07) is 8.54. The number of benzene rings is 1. The zero-order valence-electron chi connectivity index (χ0n) is 5.02. The fourth-order valence-electron chi connectivity index (χ4n) is 0.529. The molecule has 0 aromatic heterocycles. The first kappa shape index (κ1) is 7.01. The maximum atomic E-state index is 9.26. The lowest BCUT2D eigenvalue weighted by Gasteiger charge is -2.03. The lowest BCUT2D eigenvalue weighted by molar-refractivity contribution is -0.838. The zero-order chi connectivity index (χ0) is 7.23. The van der Waals surface area contributed by atoms with E-state index in [4.69, 9.17) is 0 Å². The van der Waals surface area contributed by atoms with Crippen LogP contribution >= 0.6 is 0 Å². The Balaban J connectivity index is 2.43. The van der Waals surface area contributed by atoms with Crippen molar-refractivity contribution in [3.05, 3.63) is 30.3 Å². The topological polar surface area (TPSA) is 50.8 Å². The Hall–Kier alpha value is -1.10. The summed E-state index contributed by atoms with van der Waals surface area (Å²) in [7, 11) is 0. The summed E-state index contributed by atoms with van der Waals surface area (Å²) in [5.41, 5.74) is 0. The van der Waals surface area contributed by atoms with Gasteiger partial charge in [0.05, 0.1) is 0 Å². The van der Waals surface area contributed by atoms with Crippen molar-refractivity contribution >= 4 is 0 Å². The van der Waals surface area contributed by atoms with Gasteiger partial charge in [0.2, 0.25) is 0 Å². The van der Waals surface area contributed by atoms with Gasteiger partial charge in [-0.2, -0.15) is 0 Å². The van der Waals surface area contributed by atoms with Gasteiger partial charge in [0, 0.05) is 0 Å². The molecule has 0 saturated heterocycles. The Morgan fingerprint density at radius 3 is 2.40 bits per heavy atom. The second-order valence-corrected chi connectivity index (χ2v) is 1.53. The van der Waals surface area contributed by atoms with Gasteiger partial charge in [-0.25, -0.2) is 0 Å². The first-order valence-electron chi connectivity index (χ1n) is 2.61. The van der Waals surface area contributed by atoms with E-state index in [1.807, 2.05) is 6.07 Å². The summed E-state index contributed by atoms with van der Waals surface area (Å²) in [5, 5.41) is 15.9. The van der Waals surface area contributed by atoms with Crippen LogP contribution in [0.15, 0.2) is 30.3 Å². The highest BCUT2D eigenvalue weighted by molar-refractivity contribution is 5.19. The molecule has 1 aromatic carbocycles. The van der Waals surface area contributed by atoms with Crippen molar-refractivity contribution < 1.29 is 20.2 Å². The first-order valence-corrected chi connectivity index (χ1v) is 2.61. The van der Waals surface area contributed by atoms with Crippen molar-refractivity contribution in [3.63, 3.8) is 0 Å². The highest BCUT2D eigenvalue weighted by atomic mass is 17.6. The lowest BCUT2D eigenvalue weighted by atomic mass is 10.3. The van der Waals surface area contributed by atoms with Crippen LogP contribution in [0.3, 0.4) is 0 Å². The molecular weight excluding hydrogens is 136 g/mol. The van der Waals surface area contributed by atoms with Crippen molar-refractivity contribution in [3.8, 4) is 5.75 Å². The van der Waals surface area contributed by atoms with E-state index in [2.05, 4.69) is 15.0 Å². The Labute approximate surface area is 57.4 Å². The zero-order valence-corrected chi connectivity index (χ0v) is 5.02. The smallest absolute Gasteiger partial charge is 0.168 e. The quantitative estimate of drug-likeness (QED) is 0.445. The van der Waals surface area contributed by atoms with Crippen LogP contribution in [0.1, 0.15) is 0 Å². The molecule has 0 unspecified atom stereocenters. The van der Waals surface area contributed by atoms with Crippen molar-refractivity contribution in [2.24, 2.45) is 0 Å². The van der Waals surface area contributed by atoms with Crippen molar-refractivity contribution in [1.82, 2.24) is 0 Å². The van der Waals surface area contributed by atoms with E-state index >= 15 is 0 Å². The van der Waals surface area contributed by atoms with Gasteiger partial charge in [-0.1, -0.05) is 18.2 Å². The van der Waals surface area contributed by atoms with Crippen LogP contribution in [-0.2, 0) is 10.1 Å². The molecule has 0 heterocycles. The SMILES string of the molecule is [O-]OOOc1ccccc1. The van der Waals surface area contributed by atoms with Crippen LogP contribution in [0.4, 0.5) is 0 Å². The largest absolute Gasteiger partial charge is 0.689 e. The fourth-order valence-corrected chi connectivity index (χ4v) is 0.529. The van der Waals surface area contributed by atoms with Crippen LogP contribution < -0.4 is 10.1 Å². The Morgan fingerprint density at radius 1 is 1.10 bits per heavy atom. The first-order chi connectivity index (χ1) is 4.93. The molecule has 0 N–H and O–H groups in total. The minimum atomic E-state index is 0.415. The molecule has 0 spiro atoms. The van der Waals surface area contributed by atoms with Gasteiger partial charge in [0.25, 0.3) is 0 Å². The highest BCUT2D eigenvalue weighted by Gasteiger charge is 1.87. The number of hydrogen-bond acceptors (Lipinski definition) is 4. The third kappa shape index (κ3) is 2.02. The molecule has 0 aliphatic carbocycles. The second kappa shape index (κ2) is 3.84. The molecule has 0 aliphatic heterocycles. The lowest BCUT2D eigenvalue weighted by Crippen LogP contribution is -2.08. The van der Waals surface area contributed by atoms with Crippen LogP contribution in [0, 0.1) is 0 Å². The maximum absolute atomic E-state index is 9.26. The van der Waals surface area contributed by atoms with Gasteiger partial charge in [0.1, 0.15) is 0 Å². The van der Waals surface area contributed by atoms with Gasteiger partial charge in [-0.15, -0.1) is 0 Å². The average molecular weight is 141 g/mol. The number of rotatable bonds is 3. The molecular formula is C6H5O4-. The molecule has 54 valence electrons. The molecule has 1 rings (SSSR count). The molecule has 0 fully saturated rings. The summed E-state index contributed by atoms with van der Waals surface area (Å²) >= 11 is 0. The van der Waals surface area contributed by atoms with E-state index in [1.54, 1.807) is 24.3 Å². The molecule has 4 heteroatoms. The summed E-state index contributed by atoms with van der Waals surface area (Å²) in [6.45, 7) is 0. The predicted octanol–water partition coefficient (Wildman–Crippen LogP) is 0.204. The molecule has 1 aromatic rings. The normalized spacial score (nSPS) is 9.30. The highest BCUT2D eigenvalue weighted by Crippen LogP contribution is 2.07. The van der Waals surface area contributed by atoms with Gasteiger partial charge in [-0.05, 0) is 17.2 Å². The van der Waals surface area contributed by atoms with E-state index in [9.17, 15) is 5.26 Å². The molecule has 0 amide bonds. The van der Waals surface area contributed by atoms with Gasteiger partial charge in [0.15, 0.2) is 5.75 Å². The van der Waals surface area contributed by atoms with Crippen LogP contribution in [0.2, 0.25) is 0 Å². The number of para-hydroxylation sites is 1. The van der Waals surface area contributed by atoms with Crippen LogP contribution in [0.5, 0.6) is 5.75 Å². The van der Waals surface area contributed by atoms with Gasteiger partial charge >= 0.3 is 0 Å². The Bertz CT molecular complexity index is 174. The molecule has 0 saturated carbocycles. The van der Waals surface area contributed by atoms with Crippen LogP contribution in [0.25, 0.3) is 0 Å². The van der Waals surface area contributed by atoms with Crippen molar-refractivity contribution in [2.75, 3.05) is 0 Å². The van der Waals surface area contributed by atoms with Crippen LogP contribution in [-0.4, -0.2) is 0 Å². The summed E-state index contributed by atoms with van der Waals surface area (Å²) in [6.07, 6.45) is 0. The molecule has 0 radical (unpaired) electrons. The average Bonchev–Trinajstić information content (AvgIpc) is 2.03. The van der Waals surface area contributed by atoms with Crippen molar-refractivity contribution in [2.45, 2.75) is 0 Å². The standard InChI is InChI=1S/C6H6O4/c7-9-10-8-6-4-2-1-3-5-6/h1-5,7H/p-1. The maximum Gasteiger partial charge on any atom is 0.168 e. The second-order valence-electron chi connectivity index (χ2n) is 1.53. The molecule has 4 nitrogen and oxygen atoms in total. The number of hydrogen-bond donors (Lipinski definition) is 0. The molecule has 0 bridgehead atoms. The summed E-state index contributed by atoms with van der Waals surface area (Å²) in [5.74, 6) is 0.415. The predicted molar refractivity (Wildman–Crippen MR) is 29.2 cm³/mol. The monoisotopic (exact) mass is 141 g/mol. The minimum Gasteiger partial charge on any atom is -0.689 e. The molecule has 0 atom stereocenters. The van der Waals surface area contributed by atoms with E-state index < -0.39 is 0 Å². The van der Waals surface area contributed by atoms with E-state index in [-0.39, 0.29) is 0 Å². The van der Waals surface area contributed by atoms with E-state index in [0.717, 1.165) is 0 Å². The third-order valence-corrected chi connectivity index (χ3v) is 0.901. The van der Waals surface area contributed by atoms with E-state index in [0.29, 0.717) is 5.75 Å². The summed E-state index contributed by atoms with van der Waals surface area (Å²) < 4.78 is 0. The third-order valence-electron chi connectivity index (χ3n) is 0.901.